The summed E-state index contributed by atoms with van der Waals surface area (Å²) in [5.41, 5.74) is 11.1. The lowest BCUT2D eigenvalue weighted by atomic mass is 9.95. The molecule has 0 unspecified atom stereocenters. The number of rotatable bonds is 29. The Labute approximate surface area is 386 Å². The van der Waals surface area contributed by atoms with Gasteiger partial charge in [0.25, 0.3) is 0 Å². The van der Waals surface area contributed by atoms with E-state index in [1.165, 1.54) is 12.0 Å². The molecule has 2 N–H and O–H groups in total. The predicted molar refractivity (Wildman–Crippen MR) is 249 cm³/mol. The van der Waals surface area contributed by atoms with E-state index in [0.29, 0.717) is 96.8 Å². The van der Waals surface area contributed by atoms with Gasteiger partial charge in [0.15, 0.2) is 0 Å². The topological polar surface area (TPSA) is 222 Å². The van der Waals surface area contributed by atoms with E-state index in [9.17, 15) is 19.2 Å². The predicted octanol–water partition coefficient (Wildman–Crippen LogP) is 7.41. The third-order valence-corrected chi connectivity index (χ3v) is 9.72. The molecule has 18 heteroatoms. The first-order valence-corrected chi connectivity index (χ1v) is 22.0. The number of benzene rings is 3. The Balaban J connectivity index is 1.23. The fourth-order valence-electron chi connectivity index (χ4n) is 6.52. The van der Waals surface area contributed by atoms with Gasteiger partial charge in [-0.3, -0.25) is 19.3 Å². The highest BCUT2D eigenvalue weighted by Crippen LogP contribution is 2.35. The van der Waals surface area contributed by atoms with Crippen molar-refractivity contribution in [3.8, 4) is 16.9 Å². The number of aromatic nitrogens is 1. The lowest BCUT2D eigenvalue weighted by molar-refractivity contribution is -0.141. The number of hydrogen-bond donors (Lipinski definition) is 2. The average molecular weight is 914 g/mol. The summed E-state index contributed by atoms with van der Waals surface area (Å²) in [6.45, 7) is 11.2. The minimum Gasteiger partial charge on any atom is -0.491 e. The zero-order valence-corrected chi connectivity index (χ0v) is 38.6. The summed E-state index contributed by atoms with van der Waals surface area (Å²) in [6, 6.07) is 22.4. The van der Waals surface area contributed by atoms with Crippen molar-refractivity contribution in [2.75, 3.05) is 91.1 Å². The number of carbonyl (C=O) groups excluding carboxylic acids is 4. The van der Waals surface area contributed by atoms with E-state index in [0.717, 1.165) is 33.2 Å². The van der Waals surface area contributed by atoms with Crippen LogP contribution in [-0.4, -0.2) is 121 Å². The molecule has 1 atom stereocenters. The number of methoxy groups -OCH3 is 1. The highest BCUT2D eigenvalue weighted by molar-refractivity contribution is 6.00. The van der Waals surface area contributed by atoms with Crippen LogP contribution in [0.4, 0.5) is 10.6 Å². The van der Waals surface area contributed by atoms with Crippen LogP contribution in [0.1, 0.15) is 63.6 Å². The molecule has 4 aromatic rings. The number of carbonyl (C=O) groups is 4. The Kier molecular flexibility index (Phi) is 22.7. The summed E-state index contributed by atoms with van der Waals surface area (Å²) in [5, 5.41) is 10.8. The van der Waals surface area contributed by atoms with Gasteiger partial charge in [-0.15, -0.1) is 0 Å². The molecule has 0 aliphatic carbocycles. The second-order valence-electron chi connectivity index (χ2n) is 16.0. The molecule has 0 spiro atoms. The molecule has 0 aliphatic rings. The van der Waals surface area contributed by atoms with E-state index in [1.54, 1.807) is 33.0 Å². The van der Waals surface area contributed by atoms with E-state index in [-0.39, 0.29) is 25.3 Å². The summed E-state index contributed by atoms with van der Waals surface area (Å²) in [7, 11) is 1.29. The van der Waals surface area contributed by atoms with Gasteiger partial charge in [0.1, 0.15) is 23.8 Å². The number of azide groups is 1. The smallest absolute Gasteiger partial charge is 0.416 e. The lowest BCUT2D eigenvalue weighted by Gasteiger charge is -2.27. The number of nitrogens with one attached hydrogen (secondary N) is 2. The number of pyridine rings is 1. The van der Waals surface area contributed by atoms with Crippen molar-refractivity contribution in [1.82, 2.24) is 15.6 Å². The third kappa shape index (κ3) is 19.0. The molecular formula is C48H63N7O11. The molecule has 0 saturated carbocycles. The number of unbranched alkanes of at least 4 members (excludes halogenated alkanes) is 1. The molecule has 1 heterocycles. The zero-order valence-electron chi connectivity index (χ0n) is 38.6. The van der Waals surface area contributed by atoms with E-state index in [4.69, 9.17) is 38.7 Å². The van der Waals surface area contributed by atoms with Crippen LogP contribution in [0.25, 0.3) is 32.3 Å². The Morgan fingerprint density at radius 3 is 2.09 bits per heavy atom. The van der Waals surface area contributed by atoms with E-state index in [2.05, 4.69) is 25.6 Å². The zero-order chi connectivity index (χ0) is 47.6. The normalized spacial score (nSPS) is 11.6. The second-order valence-corrected chi connectivity index (χ2v) is 16.0. The second kappa shape index (κ2) is 28.6. The van der Waals surface area contributed by atoms with Crippen molar-refractivity contribution in [2.45, 2.75) is 65.0 Å². The SMILES string of the molecule is COC(=O)C[C@H](NC(=O)CNC(=O)CCCCN(C(=O)OC(C)(C)C)c1cc(C)ccn1)c1ccc(-c2ccc(OCCOCCOCCOCCOCCN=[N+]=[N-])c3ccccc23)cc1. The lowest BCUT2D eigenvalue weighted by Crippen LogP contribution is -2.39. The van der Waals surface area contributed by atoms with Crippen LogP contribution < -0.4 is 20.3 Å². The Morgan fingerprint density at radius 1 is 0.803 bits per heavy atom. The number of fused-ring (bicyclic) bond motifs is 1. The summed E-state index contributed by atoms with van der Waals surface area (Å²) in [6.07, 6.45) is 2.08. The van der Waals surface area contributed by atoms with Crippen LogP contribution in [-0.2, 0) is 42.8 Å². The minimum atomic E-state index is -0.709. The number of amides is 3. The van der Waals surface area contributed by atoms with Crippen LogP contribution in [0.3, 0.4) is 0 Å². The van der Waals surface area contributed by atoms with E-state index < -0.39 is 29.6 Å². The summed E-state index contributed by atoms with van der Waals surface area (Å²) >= 11 is 0. The van der Waals surface area contributed by atoms with Crippen LogP contribution in [0.5, 0.6) is 5.75 Å². The molecule has 66 heavy (non-hydrogen) atoms. The molecule has 1 aromatic heterocycles. The molecule has 3 amide bonds. The van der Waals surface area contributed by atoms with Crippen molar-refractivity contribution in [1.29, 1.82) is 0 Å². The number of anilines is 1. The maximum absolute atomic E-state index is 13.1. The van der Waals surface area contributed by atoms with Crippen LogP contribution in [0, 0.1) is 6.92 Å². The molecule has 18 nitrogen and oxygen atoms in total. The summed E-state index contributed by atoms with van der Waals surface area (Å²) in [5.74, 6) is -0.110. The number of nitrogens with zero attached hydrogens (tertiary/aromatic N) is 5. The van der Waals surface area contributed by atoms with Crippen molar-refractivity contribution < 1.29 is 52.3 Å². The van der Waals surface area contributed by atoms with Gasteiger partial charge in [-0.25, -0.2) is 9.78 Å². The van der Waals surface area contributed by atoms with Crippen LogP contribution in [0.15, 0.2) is 84.1 Å². The molecule has 4 rings (SSSR count). The van der Waals surface area contributed by atoms with Gasteiger partial charge in [-0.2, -0.15) is 0 Å². The Hall–Kier alpha value is -6.30. The molecule has 356 valence electrons. The van der Waals surface area contributed by atoms with Gasteiger partial charge in [0, 0.05) is 36.0 Å². The Bertz CT molecular complexity index is 2190. The monoisotopic (exact) mass is 913 g/mol. The maximum Gasteiger partial charge on any atom is 0.416 e. The first-order valence-electron chi connectivity index (χ1n) is 22.0. The number of esters is 1. The van der Waals surface area contributed by atoms with Gasteiger partial charge in [-0.05, 0) is 91.9 Å². The van der Waals surface area contributed by atoms with Crippen LogP contribution in [0.2, 0.25) is 0 Å². The standard InChI is InChI=1S/C48H63N7O11/c1-35-19-20-50-43(32-35)55(47(59)66-48(2,3)4)22-9-8-12-44(56)51-34-45(57)53-41(33-46(58)60-5)37-15-13-36(14-16-37)38-17-18-42(40-11-7-6-10-39(38)40)65-31-30-64-29-28-63-27-26-62-25-24-61-23-21-52-54-49/h6-7,10-11,13-20,32,41H,8-9,12,21-31,33-34H2,1-5H3,(H,51,56)(H,53,57)/t41-/m0/s1. The molecule has 0 radical (unpaired) electrons. The van der Waals surface area contributed by atoms with Crippen molar-refractivity contribution in [3.63, 3.8) is 0 Å². The quantitative estimate of drug-likeness (QED) is 0.0179. The van der Waals surface area contributed by atoms with E-state index in [1.807, 2.05) is 73.7 Å². The van der Waals surface area contributed by atoms with Gasteiger partial charge in [0.05, 0.1) is 79.0 Å². The van der Waals surface area contributed by atoms with Crippen molar-refractivity contribution in [2.24, 2.45) is 5.11 Å². The first-order chi connectivity index (χ1) is 31.9. The van der Waals surface area contributed by atoms with E-state index >= 15 is 0 Å². The van der Waals surface area contributed by atoms with Crippen molar-refractivity contribution in [3.05, 3.63) is 101 Å². The van der Waals surface area contributed by atoms with Gasteiger partial charge in [-0.1, -0.05) is 59.7 Å². The fourth-order valence-corrected chi connectivity index (χ4v) is 6.52. The Morgan fingerprint density at radius 2 is 1.45 bits per heavy atom. The van der Waals surface area contributed by atoms with Gasteiger partial charge in [0.2, 0.25) is 11.8 Å². The van der Waals surface area contributed by atoms with Gasteiger partial charge < -0.3 is 43.8 Å². The highest BCUT2D eigenvalue weighted by Gasteiger charge is 2.25. The fraction of sp³-hybridized carbons (Fsp3) is 0.479. The van der Waals surface area contributed by atoms with Crippen LogP contribution >= 0.6 is 0 Å². The molecule has 3 aromatic carbocycles. The summed E-state index contributed by atoms with van der Waals surface area (Å²) < 4.78 is 38.6. The molecule has 0 fully saturated rings. The number of hydrogen-bond acceptors (Lipinski definition) is 13. The molecular weight excluding hydrogens is 851 g/mol. The minimum absolute atomic E-state index is 0.111. The number of ether oxygens (including phenoxy) is 7. The van der Waals surface area contributed by atoms with Gasteiger partial charge >= 0.3 is 12.1 Å². The molecule has 0 bridgehead atoms. The average Bonchev–Trinajstić information content (AvgIpc) is 3.29. The largest absolute Gasteiger partial charge is 0.491 e. The maximum atomic E-state index is 13.1. The third-order valence-electron chi connectivity index (χ3n) is 9.72. The first kappa shape index (κ1) is 52.3. The summed E-state index contributed by atoms with van der Waals surface area (Å²) in [4.78, 5) is 59.7. The number of aryl methyl sites for hydroxylation is 1. The highest BCUT2D eigenvalue weighted by atomic mass is 16.6. The van der Waals surface area contributed by atoms with Crippen molar-refractivity contribution >= 4 is 40.5 Å². The molecule has 0 aliphatic heterocycles. The molecule has 0 saturated heterocycles.